The molecule has 29 heavy (non-hydrogen) atoms. The molecular formula is C22H29N3O3S. The molecule has 2 aromatic rings. The van der Waals surface area contributed by atoms with Gasteiger partial charge in [-0.2, -0.15) is 0 Å². The number of hydrogen-bond donors (Lipinski definition) is 3. The van der Waals surface area contributed by atoms with Gasteiger partial charge in [0, 0.05) is 17.3 Å². The molecule has 3 rings (SSSR count). The molecule has 156 valence electrons. The highest BCUT2D eigenvalue weighted by molar-refractivity contribution is 7.89. The summed E-state index contributed by atoms with van der Waals surface area (Å²) >= 11 is 0. The zero-order valence-electron chi connectivity index (χ0n) is 17.2. The second-order valence-electron chi connectivity index (χ2n) is 7.74. The maximum Gasteiger partial charge on any atom is 0.255 e. The molecule has 1 heterocycles. The van der Waals surface area contributed by atoms with Crippen molar-refractivity contribution in [1.82, 2.24) is 10.0 Å². The van der Waals surface area contributed by atoms with Crippen LogP contribution in [0, 0.1) is 19.8 Å². The molecule has 0 aliphatic carbocycles. The number of anilines is 1. The summed E-state index contributed by atoms with van der Waals surface area (Å²) in [6, 6.07) is 12.0. The van der Waals surface area contributed by atoms with Crippen LogP contribution in [-0.4, -0.2) is 33.5 Å². The number of sulfonamides is 1. The molecule has 1 aliphatic rings. The minimum atomic E-state index is -3.62. The topological polar surface area (TPSA) is 87.3 Å². The number of benzene rings is 2. The summed E-state index contributed by atoms with van der Waals surface area (Å²) < 4.78 is 28.5. The van der Waals surface area contributed by atoms with Gasteiger partial charge in [-0.3, -0.25) is 4.79 Å². The van der Waals surface area contributed by atoms with Gasteiger partial charge < -0.3 is 10.6 Å². The predicted octanol–water partition coefficient (Wildman–Crippen LogP) is 3.22. The van der Waals surface area contributed by atoms with E-state index in [1.165, 1.54) is 6.07 Å². The lowest BCUT2D eigenvalue weighted by molar-refractivity contribution is 0.102. The van der Waals surface area contributed by atoms with Gasteiger partial charge in [0.1, 0.15) is 0 Å². The number of hydrogen-bond acceptors (Lipinski definition) is 4. The molecule has 1 fully saturated rings. The van der Waals surface area contributed by atoms with Gasteiger partial charge in [0.15, 0.2) is 0 Å². The van der Waals surface area contributed by atoms with Gasteiger partial charge in [0.05, 0.1) is 4.90 Å². The number of carbonyl (C=O) groups is 1. The van der Waals surface area contributed by atoms with Crippen molar-refractivity contribution < 1.29 is 13.2 Å². The third kappa shape index (κ3) is 5.23. The average molecular weight is 416 g/mol. The predicted molar refractivity (Wildman–Crippen MR) is 116 cm³/mol. The van der Waals surface area contributed by atoms with Gasteiger partial charge >= 0.3 is 0 Å². The first-order valence-corrected chi connectivity index (χ1v) is 11.5. The smallest absolute Gasteiger partial charge is 0.255 e. The van der Waals surface area contributed by atoms with Crippen molar-refractivity contribution in [1.29, 1.82) is 0 Å². The first kappa shape index (κ1) is 21.5. The molecular weight excluding hydrogens is 386 g/mol. The zero-order chi connectivity index (χ0) is 21.0. The Morgan fingerprint density at radius 1 is 1.07 bits per heavy atom. The van der Waals surface area contributed by atoms with E-state index in [9.17, 15) is 13.2 Å². The number of nitrogens with one attached hydrogen (secondary N) is 3. The van der Waals surface area contributed by atoms with E-state index >= 15 is 0 Å². The summed E-state index contributed by atoms with van der Waals surface area (Å²) in [5.41, 5.74) is 2.78. The van der Waals surface area contributed by atoms with Crippen LogP contribution in [0.15, 0.2) is 47.4 Å². The van der Waals surface area contributed by atoms with E-state index in [2.05, 4.69) is 15.4 Å². The Morgan fingerprint density at radius 2 is 1.76 bits per heavy atom. The Morgan fingerprint density at radius 3 is 2.41 bits per heavy atom. The maximum absolute atomic E-state index is 12.8. The van der Waals surface area contributed by atoms with Gasteiger partial charge in [-0.1, -0.05) is 18.2 Å². The number of carbonyl (C=O) groups excluding carboxylic acids is 1. The number of amides is 1. The van der Waals surface area contributed by atoms with Crippen molar-refractivity contribution in [3.05, 3.63) is 59.2 Å². The molecule has 1 saturated heterocycles. The third-order valence-electron chi connectivity index (χ3n) is 5.58. The minimum absolute atomic E-state index is 0.122. The van der Waals surface area contributed by atoms with Gasteiger partial charge in [0.25, 0.3) is 5.91 Å². The lowest BCUT2D eigenvalue weighted by Crippen LogP contribution is -2.42. The molecule has 2 aromatic carbocycles. The van der Waals surface area contributed by atoms with Crippen molar-refractivity contribution in [3.63, 3.8) is 0 Å². The minimum Gasteiger partial charge on any atom is -0.322 e. The SMILES string of the molecule is Cc1cc(S(=O)(=O)N[C@H](C)C2CCNCC2)ccc1NC(=O)c1ccccc1C. The van der Waals surface area contributed by atoms with Crippen LogP contribution in [0.4, 0.5) is 5.69 Å². The number of piperidine rings is 1. The number of aryl methyl sites for hydroxylation is 2. The lowest BCUT2D eigenvalue weighted by Gasteiger charge is -2.28. The highest BCUT2D eigenvalue weighted by Crippen LogP contribution is 2.23. The summed E-state index contributed by atoms with van der Waals surface area (Å²) in [4.78, 5) is 12.8. The Hall–Kier alpha value is -2.22. The Labute approximate surface area is 173 Å². The standard InChI is InChI=1S/C22H29N3O3S/c1-15-6-4-5-7-20(15)22(26)24-21-9-8-19(14-16(21)2)29(27,28)25-17(3)18-10-12-23-13-11-18/h4-9,14,17-18,23,25H,10-13H2,1-3H3,(H,24,26)/t17-/m1/s1. The van der Waals surface area contributed by atoms with Gasteiger partial charge in [-0.25, -0.2) is 13.1 Å². The summed E-state index contributed by atoms with van der Waals surface area (Å²) in [6.45, 7) is 7.45. The van der Waals surface area contributed by atoms with Crippen LogP contribution in [0.5, 0.6) is 0 Å². The number of rotatable bonds is 6. The van der Waals surface area contributed by atoms with Gasteiger partial charge in [0.2, 0.25) is 10.0 Å². The lowest BCUT2D eigenvalue weighted by atomic mass is 9.92. The molecule has 7 heteroatoms. The largest absolute Gasteiger partial charge is 0.322 e. The van der Waals surface area contributed by atoms with E-state index in [1.807, 2.05) is 32.0 Å². The molecule has 1 atom stereocenters. The molecule has 1 aliphatic heterocycles. The molecule has 0 radical (unpaired) electrons. The van der Waals surface area contributed by atoms with Crippen LogP contribution in [0.3, 0.4) is 0 Å². The Bertz CT molecular complexity index is 983. The summed E-state index contributed by atoms with van der Waals surface area (Å²) in [7, 11) is -3.62. The first-order valence-electron chi connectivity index (χ1n) is 9.98. The fraction of sp³-hybridized carbons (Fsp3) is 0.409. The van der Waals surface area contributed by atoms with Crippen molar-refractivity contribution >= 4 is 21.6 Å². The van der Waals surface area contributed by atoms with Crippen LogP contribution >= 0.6 is 0 Å². The molecule has 0 bridgehead atoms. The molecule has 0 aromatic heterocycles. The second kappa shape index (κ2) is 9.07. The van der Waals surface area contributed by atoms with E-state index < -0.39 is 10.0 Å². The van der Waals surface area contributed by atoms with Crippen LogP contribution in [0.1, 0.15) is 41.3 Å². The monoisotopic (exact) mass is 415 g/mol. The molecule has 0 spiro atoms. The van der Waals surface area contributed by atoms with Crippen LogP contribution < -0.4 is 15.4 Å². The Balaban J connectivity index is 1.72. The van der Waals surface area contributed by atoms with Crippen LogP contribution in [0.25, 0.3) is 0 Å². The summed E-state index contributed by atoms with van der Waals surface area (Å²) in [5, 5.41) is 6.17. The normalized spacial score (nSPS) is 16.4. The van der Waals surface area contributed by atoms with Crippen molar-refractivity contribution in [3.8, 4) is 0 Å². The van der Waals surface area contributed by atoms with Gasteiger partial charge in [-0.05, 0) is 88.0 Å². The highest BCUT2D eigenvalue weighted by atomic mass is 32.2. The second-order valence-corrected chi connectivity index (χ2v) is 9.46. The van der Waals surface area contributed by atoms with E-state index in [1.54, 1.807) is 25.1 Å². The Kier molecular flexibility index (Phi) is 6.72. The van der Waals surface area contributed by atoms with Crippen LogP contribution in [-0.2, 0) is 10.0 Å². The van der Waals surface area contributed by atoms with Gasteiger partial charge in [-0.15, -0.1) is 0 Å². The van der Waals surface area contributed by atoms with Crippen LogP contribution in [0.2, 0.25) is 0 Å². The van der Waals surface area contributed by atoms with E-state index in [4.69, 9.17) is 0 Å². The molecule has 3 N–H and O–H groups in total. The first-order chi connectivity index (χ1) is 13.8. The third-order valence-corrected chi connectivity index (χ3v) is 7.13. The van der Waals surface area contributed by atoms with Crippen molar-refractivity contribution in [2.75, 3.05) is 18.4 Å². The van der Waals surface area contributed by atoms with Crippen molar-refractivity contribution in [2.24, 2.45) is 5.92 Å². The fourth-order valence-corrected chi connectivity index (χ4v) is 5.11. The molecule has 0 saturated carbocycles. The van der Waals surface area contributed by atoms with E-state index in [0.29, 0.717) is 22.7 Å². The van der Waals surface area contributed by atoms with Crippen molar-refractivity contribution in [2.45, 2.75) is 44.6 Å². The average Bonchev–Trinajstić information content (AvgIpc) is 2.70. The highest BCUT2D eigenvalue weighted by Gasteiger charge is 2.25. The molecule has 6 nitrogen and oxygen atoms in total. The summed E-state index contributed by atoms with van der Waals surface area (Å²) in [6.07, 6.45) is 1.93. The van der Waals surface area contributed by atoms with E-state index in [-0.39, 0.29) is 16.8 Å². The fourth-order valence-electron chi connectivity index (χ4n) is 3.71. The zero-order valence-corrected chi connectivity index (χ0v) is 18.0. The molecule has 0 unspecified atom stereocenters. The van der Waals surface area contributed by atoms with E-state index in [0.717, 1.165) is 31.5 Å². The quantitative estimate of drug-likeness (QED) is 0.676. The summed E-state index contributed by atoms with van der Waals surface area (Å²) in [5.74, 6) is 0.124. The maximum atomic E-state index is 12.8. The molecule has 1 amide bonds.